The molecule has 1 saturated heterocycles. The first kappa shape index (κ1) is 18.2. The van der Waals surface area contributed by atoms with Crippen LogP contribution in [-0.4, -0.2) is 45.3 Å². The van der Waals surface area contributed by atoms with Crippen LogP contribution in [0.2, 0.25) is 0 Å². The highest BCUT2D eigenvalue weighted by Crippen LogP contribution is 2.30. The normalized spacial score (nSPS) is 19.2. The van der Waals surface area contributed by atoms with Crippen LogP contribution in [0.4, 0.5) is 5.13 Å². The second kappa shape index (κ2) is 8.63. The van der Waals surface area contributed by atoms with Gasteiger partial charge in [-0.15, -0.1) is 10.2 Å². The number of amides is 2. The van der Waals surface area contributed by atoms with Crippen molar-refractivity contribution in [1.29, 1.82) is 0 Å². The molecule has 0 aromatic carbocycles. The monoisotopic (exact) mass is 356 g/mol. The lowest BCUT2D eigenvalue weighted by Gasteiger charge is -2.15. The molecule has 2 rings (SSSR count). The second-order valence-corrected chi connectivity index (χ2v) is 8.46. The third-order valence-corrected chi connectivity index (χ3v) is 6.07. The molecule has 1 aliphatic rings. The van der Waals surface area contributed by atoms with E-state index in [1.807, 2.05) is 0 Å². The summed E-state index contributed by atoms with van der Waals surface area (Å²) < 4.78 is 0.863. The minimum absolute atomic E-state index is 0.0730. The number of hydrogen-bond donors (Lipinski definition) is 1. The number of hydrogen-bond acceptors (Lipinski definition) is 6. The van der Waals surface area contributed by atoms with Crippen molar-refractivity contribution in [2.24, 2.45) is 5.92 Å². The summed E-state index contributed by atoms with van der Waals surface area (Å²) in [6.07, 6.45) is 3.38. The molecular weight excluding hydrogens is 332 g/mol. The third-order valence-electron chi connectivity index (χ3n) is 3.88. The molecule has 0 spiro atoms. The maximum absolute atomic E-state index is 12.3. The SMILES string of the molecule is CCCCN1C[C@@H](C(=O)Nc2nnc(S[C@H](C)CC)s2)CC1=O. The van der Waals surface area contributed by atoms with Crippen molar-refractivity contribution >= 4 is 40.0 Å². The van der Waals surface area contributed by atoms with Gasteiger partial charge in [0.15, 0.2) is 4.34 Å². The summed E-state index contributed by atoms with van der Waals surface area (Å²) in [5.74, 6) is -0.341. The predicted octanol–water partition coefficient (Wildman–Crippen LogP) is 3.02. The van der Waals surface area contributed by atoms with Gasteiger partial charge in [-0.3, -0.25) is 9.59 Å². The average molecular weight is 357 g/mol. The van der Waals surface area contributed by atoms with Crippen LogP contribution < -0.4 is 5.32 Å². The van der Waals surface area contributed by atoms with Crippen LogP contribution in [-0.2, 0) is 9.59 Å². The smallest absolute Gasteiger partial charge is 0.231 e. The van der Waals surface area contributed by atoms with Crippen LogP contribution >= 0.6 is 23.1 Å². The minimum Gasteiger partial charge on any atom is -0.342 e. The number of thioether (sulfide) groups is 1. The Morgan fingerprint density at radius 1 is 1.48 bits per heavy atom. The van der Waals surface area contributed by atoms with E-state index in [0.717, 1.165) is 30.1 Å². The van der Waals surface area contributed by atoms with E-state index >= 15 is 0 Å². The highest BCUT2D eigenvalue weighted by molar-refractivity contribution is 8.01. The molecule has 0 radical (unpaired) electrons. The lowest BCUT2D eigenvalue weighted by atomic mass is 10.1. The van der Waals surface area contributed by atoms with Gasteiger partial charge in [-0.25, -0.2) is 0 Å². The van der Waals surface area contributed by atoms with Gasteiger partial charge in [0.05, 0.1) is 5.92 Å². The van der Waals surface area contributed by atoms with Crippen LogP contribution in [0.15, 0.2) is 4.34 Å². The summed E-state index contributed by atoms with van der Waals surface area (Å²) >= 11 is 3.05. The van der Waals surface area contributed by atoms with Gasteiger partial charge in [-0.05, 0) is 12.8 Å². The minimum atomic E-state index is -0.283. The molecule has 6 nitrogen and oxygen atoms in total. The fourth-order valence-corrected chi connectivity index (χ4v) is 4.28. The molecule has 23 heavy (non-hydrogen) atoms. The van der Waals surface area contributed by atoms with E-state index in [1.54, 1.807) is 16.7 Å². The van der Waals surface area contributed by atoms with E-state index in [-0.39, 0.29) is 17.7 Å². The molecule has 1 N–H and O–H groups in total. The molecular formula is C15H24N4O2S2. The fourth-order valence-electron chi connectivity index (χ4n) is 2.28. The Bertz CT molecular complexity index is 549. The van der Waals surface area contributed by atoms with Gasteiger partial charge >= 0.3 is 0 Å². The van der Waals surface area contributed by atoms with Gasteiger partial charge in [0.1, 0.15) is 0 Å². The van der Waals surface area contributed by atoms with Crippen LogP contribution in [0.25, 0.3) is 0 Å². The van der Waals surface area contributed by atoms with Crippen molar-refractivity contribution in [1.82, 2.24) is 15.1 Å². The van der Waals surface area contributed by atoms with Crippen molar-refractivity contribution in [2.45, 2.75) is 56.0 Å². The molecule has 1 aliphatic heterocycles. The van der Waals surface area contributed by atoms with Gasteiger partial charge < -0.3 is 10.2 Å². The molecule has 0 bridgehead atoms. The maximum atomic E-state index is 12.3. The van der Waals surface area contributed by atoms with Crippen molar-refractivity contribution in [3.8, 4) is 0 Å². The quantitative estimate of drug-likeness (QED) is 0.572. The van der Waals surface area contributed by atoms with Crippen molar-refractivity contribution in [3.63, 3.8) is 0 Å². The van der Waals surface area contributed by atoms with Gasteiger partial charge in [0.2, 0.25) is 16.9 Å². The zero-order chi connectivity index (χ0) is 16.8. The summed E-state index contributed by atoms with van der Waals surface area (Å²) in [7, 11) is 0. The summed E-state index contributed by atoms with van der Waals surface area (Å²) in [5, 5.41) is 11.9. The van der Waals surface area contributed by atoms with Crippen LogP contribution in [0.5, 0.6) is 0 Å². The Morgan fingerprint density at radius 3 is 2.96 bits per heavy atom. The number of anilines is 1. The Labute approximate surface area is 145 Å². The number of carbonyl (C=O) groups excluding carboxylic acids is 2. The summed E-state index contributed by atoms with van der Waals surface area (Å²) in [4.78, 5) is 26.0. The molecule has 2 heterocycles. The Kier molecular flexibility index (Phi) is 6.83. The number of rotatable bonds is 8. The molecule has 0 unspecified atom stereocenters. The number of carbonyl (C=O) groups is 2. The summed E-state index contributed by atoms with van der Waals surface area (Å²) in [5.41, 5.74) is 0. The lowest BCUT2D eigenvalue weighted by Crippen LogP contribution is -2.29. The first-order valence-electron chi connectivity index (χ1n) is 8.12. The van der Waals surface area contributed by atoms with Gasteiger partial charge in [-0.1, -0.05) is 50.3 Å². The second-order valence-electron chi connectivity index (χ2n) is 5.79. The molecule has 128 valence electrons. The predicted molar refractivity (Wildman–Crippen MR) is 93.7 cm³/mol. The molecule has 1 fully saturated rings. The van der Waals surface area contributed by atoms with Crippen molar-refractivity contribution < 1.29 is 9.59 Å². The lowest BCUT2D eigenvalue weighted by molar-refractivity contribution is -0.128. The highest BCUT2D eigenvalue weighted by atomic mass is 32.2. The maximum Gasteiger partial charge on any atom is 0.231 e. The fraction of sp³-hybridized carbons (Fsp3) is 0.733. The van der Waals surface area contributed by atoms with Crippen LogP contribution in [0, 0.1) is 5.92 Å². The first-order valence-corrected chi connectivity index (χ1v) is 9.81. The largest absolute Gasteiger partial charge is 0.342 e. The summed E-state index contributed by atoms with van der Waals surface area (Å²) in [6, 6.07) is 0. The van der Waals surface area contributed by atoms with E-state index < -0.39 is 0 Å². The molecule has 8 heteroatoms. The number of aromatic nitrogens is 2. The molecule has 0 saturated carbocycles. The molecule has 2 atom stereocenters. The zero-order valence-corrected chi connectivity index (χ0v) is 15.5. The highest BCUT2D eigenvalue weighted by Gasteiger charge is 2.34. The number of nitrogens with zero attached hydrogens (tertiary/aromatic N) is 3. The number of unbranched alkanes of at least 4 members (excludes halogenated alkanes) is 1. The number of likely N-dealkylation sites (tertiary alicyclic amines) is 1. The van der Waals surface area contributed by atoms with E-state index in [9.17, 15) is 9.59 Å². The molecule has 2 amide bonds. The zero-order valence-electron chi connectivity index (χ0n) is 13.9. The van der Waals surface area contributed by atoms with E-state index in [4.69, 9.17) is 0 Å². The molecule has 0 aliphatic carbocycles. The van der Waals surface area contributed by atoms with E-state index in [2.05, 4.69) is 36.3 Å². The Morgan fingerprint density at radius 2 is 2.26 bits per heavy atom. The molecule has 1 aromatic heterocycles. The first-order chi connectivity index (χ1) is 11.0. The Hall–Kier alpha value is -1.15. The number of nitrogens with one attached hydrogen (secondary N) is 1. The topological polar surface area (TPSA) is 75.2 Å². The van der Waals surface area contributed by atoms with Gasteiger partial charge in [0, 0.05) is 24.8 Å². The van der Waals surface area contributed by atoms with Crippen LogP contribution in [0.3, 0.4) is 0 Å². The molecule has 1 aromatic rings. The summed E-state index contributed by atoms with van der Waals surface area (Å²) in [6.45, 7) is 7.61. The average Bonchev–Trinajstić information content (AvgIpc) is 3.11. The van der Waals surface area contributed by atoms with E-state index in [1.165, 1.54) is 11.3 Å². The van der Waals surface area contributed by atoms with Crippen LogP contribution in [0.1, 0.15) is 46.5 Å². The van der Waals surface area contributed by atoms with E-state index in [0.29, 0.717) is 23.3 Å². The Balaban J connectivity index is 1.86. The van der Waals surface area contributed by atoms with Crippen molar-refractivity contribution in [2.75, 3.05) is 18.4 Å². The van der Waals surface area contributed by atoms with Gasteiger partial charge in [-0.2, -0.15) is 0 Å². The van der Waals surface area contributed by atoms with Crippen molar-refractivity contribution in [3.05, 3.63) is 0 Å². The third kappa shape index (κ3) is 5.17. The van der Waals surface area contributed by atoms with Gasteiger partial charge in [0.25, 0.3) is 0 Å². The standard InChI is InChI=1S/C15H24N4O2S2/c1-4-6-7-19-9-11(8-12(19)20)13(21)16-14-17-18-15(23-14)22-10(3)5-2/h10-11H,4-9H2,1-3H3,(H,16,17,21)/t10-,11+/m1/s1.